The molecule has 0 unspecified atom stereocenters. The Bertz CT molecular complexity index is 3260. The molecule has 1 aromatic heterocycles. The maximum absolute atomic E-state index is 6.85. The molecule has 0 N–H and O–H groups in total. The van der Waals surface area contributed by atoms with Crippen LogP contribution in [0.5, 0.6) is 0 Å². The van der Waals surface area contributed by atoms with E-state index in [1.807, 2.05) is 0 Å². The number of anilines is 2. The summed E-state index contributed by atoms with van der Waals surface area (Å²) < 4.78 is 6.85. The molecular weight excluding hydrogens is 667 g/mol. The number of rotatable bonds is 6. The van der Waals surface area contributed by atoms with Gasteiger partial charge >= 0.3 is 0 Å². The minimum absolute atomic E-state index is 0.661. The van der Waals surface area contributed by atoms with E-state index in [1.54, 1.807) is 0 Å². The average Bonchev–Trinajstić information content (AvgIpc) is 3.65. The number of fused-ring (bicyclic) bond motifs is 9. The largest absolute Gasteiger partial charge is 0.455 e. The third-order valence-corrected chi connectivity index (χ3v) is 11.3. The molecule has 0 aliphatic carbocycles. The first kappa shape index (κ1) is 31.4. The standard InChI is InChI=1S/C53H35NO/c1-5-19-43-35(12-1)16-10-23-45(43)38-17-9-18-41(32-38)54(42-29-31-47-39(33-42)27-26-36-13-2-6-20-44(36)47)34-40-15-4-7-21-46(40)49-24-11-25-50-51-30-28-37-14-3-8-22-48(37)52(51)55-53(49)50/h1-33H,34H2. The molecule has 0 aliphatic rings. The van der Waals surface area contributed by atoms with Crippen LogP contribution < -0.4 is 4.90 Å². The van der Waals surface area contributed by atoms with Crippen molar-refractivity contribution < 1.29 is 4.42 Å². The fourth-order valence-electron chi connectivity index (χ4n) is 8.65. The lowest BCUT2D eigenvalue weighted by molar-refractivity contribution is 0.673. The molecule has 0 bridgehead atoms. The highest BCUT2D eigenvalue weighted by atomic mass is 16.3. The molecule has 0 radical (unpaired) electrons. The molecule has 0 saturated carbocycles. The molecule has 0 fully saturated rings. The molecule has 2 nitrogen and oxygen atoms in total. The van der Waals surface area contributed by atoms with Gasteiger partial charge in [0.15, 0.2) is 0 Å². The molecule has 0 saturated heterocycles. The van der Waals surface area contributed by atoms with E-state index in [9.17, 15) is 0 Å². The Balaban J connectivity index is 1.09. The number of hydrogen-bond acceptors (Lipinski definition) is 2. The molecule has 0 atom stereocenters. The van der Waals surface area contributed by atoms with Crippen LogP contribution in [0.3, 0.4) is 0 Å². The fraction of sp³-hybridized carbons (Fsp3) is 0.0189. The lowest BCUT2D eigenvalue weighted by Gasteiger charge is -2.27. The highest BCUT2D eigenvalue weighted by Gasteiger charge is 2.19. The van der Waals surface area contributed by atoms with Crippen molar-refractivity contribution in [2.24, 2.45) is 0 Å². The van der Waals surface area contributed by atoms with Crippen LogP contribution >= 0.6 is 0 Å². The predicted octanol–water partition coefficient (Wildman–Crippen LogP) is 14.9. The monoisotopic (exact) mass is 701 g/mol. The summed E-state index contributed by atoms with van der Waals surface area (Å²) in [4.78, 5) is 2.47. The van der Waals surface area contributed by atoms with E-state index in [-0.39, 0.29) is 0 Å². The van der Waals surface area contributed by atoms with Crippen LogP contribution in [0.15, 0.2) is 205 Å². The van der Waals surface area contributed by atoms with Gasteiger partial charge in [-0.2, -0.15) is 0 Å². The summed E-state index contributed by atoms with van der Waals surface area (Å²) in [6.45, 7) is 0.661. The van der Waals surface area contributed by atoms with E-state index >= 15 is 0 Å². The van der Waals surface area contributed by atoms with Gasteiger partial charge in [0.25, 0.3) is 0 Å². The molecule has 10 aromatic carbocycles. The minimum atomic E-state index is 0.661. The Morgan fingerprint density at radius 2 is 0.873 bits per heavy atom. The highest BCUT2D eigenvalue weighted by Crippen LogP contribution is 2.42. The Labute approximate surface area is 319 Å². The summed E-state index contributed by atoms with van der Waals surface area (Å²) in [7, 11) is 0. The summed E-state index contributed by atoms with van der Waals surface area (Å²) in [6, 6.07) is 72.6. The van der Waals surface area contributed by atoms with Crippen LogP contribution in [0, 0.1) is 0 Å². The number of para-hydroxylation sites is 1. The Morgan fingerprint density at radius 1 is 0.327 bits per heavy atom. The van der Waals surface area contributed by atoms with E-state index in [1.165, 1.54) is 60.0 Å². The van der Waals surface area contributed by atoms with E-state index < -0.39 is 0 Å². The van der Waals surface area contributed by atoms with Crippen LogP contribution in [0.2, 0.25) is 0 Å². The zero-order valence-corrected chi connectivity index (χ0v) is 30.1. The van der Waals surface area contributed by atoms with Crippen molar-refractivity contribution >= 4 is 76.4 Å². The second-order valence-electron chi connectivity index (χ2n) is 14.5. The molecule has 0 aliphatic heterocycles. The van der Waals surface area contributed by atoms with Crippen molar-refractivity contribution in [3.8, 4) is 22.3 Å². The zero-order chi connectivity index (χ0) is 36.3. The normalized spacial score (nSPS) is 11.7. The molecule has 258 valence electrons. The Hall–Kier alpha value is -7.16. The molecule has 1 heterocycles. The van der Waals surface area contributed by atoms with Gasteiger partial charge in [0.1, 0.15) is 11.2 Å². The summed E-state index contributed by atoms with van der Waals surface area (Å²) in [6.07, 6.45) is 0. The van der Waals surface area contributed by atoms with Crippen LogP contribution in [0.1, 0.15) is 5.56 Å². The average molecular weight is 702 g/mol. The van der Waals surface area contributed by atoms with Crippen molar-refractivity contribution in [2.45, 2.75) is 6.54 Å². The van der Waals surface area contributed by atoms with E-state index in [0.717, 1.165) is 44.3 Å². The molecule has 0 amide bonds. The van der Waals surface area contributed by atoms with Crippen molar-refractivity contribution in [1.82, 2.24) is 0 Å². The number of hydrogen-bond donors (Lipinski definition) is 0. The SMILES string of the molecule is c1cc(-c2cccc3ccccc23)cc(N(Cc2ccccc2-c2cccc3c2oc2c4ccccc4ccc32)c2ccc3c(ccc4ccccc43)c2)c1. The van der Waals surface area contributed by atoms with Gasteiger partial charge in [0.05, 0.1) is 0 Å². The molecule has 2 heteroatoms. The Morgan fingerprint density at radius 3 is 1.76 bits per heavy atom. The Kier molecular flexibility index (Phi) is 7.28. The molecule has 11 aromatic rings. The second kappa shape index (κ2) is 12.8. The van der Waals surface area contributed by atoms with Gasteiger partial charge in [-0.25, -0.2) is 0 Å². The number of furan rings is 1. The van der Waals surface area contributed by atoms with Crippen LogP contribution in [-0.2, 0) is 6.54 Å². The summed E-state index contributed by atoms with van der Waals surface area (Å²) in [5, 5.41) is 12.1. The smallest absolute Gasteiger partial charge is 0.143 e. The molecule has 11 rings (SSSR count). The van der Waals surface area contributed by atoms with E-state index in [2.05, 4.69) is 205 Å². The van der Waals surface area contributed by atoms with Gasteiger partial charge in [0, 0.05) is 39.6 Å². The maximum Gasteiger partial charge on any atom is 0.143 e. The lowest BCUT2D eigenvalue weighted by atomic mass is 9.96. The summed E-state index contributed by atoms with van der Waals surface area (Å²) >= 11 is 0. The van der Waals surface area contributed by atoms with Crippen molar-refractivity contribution in [2.75, 3.05) is 4.90 Å². The van der Waals surface area contributed by atoms with E-state index in [0.29, 0.717) is 6.54 Å². The maximum atomic E-state index is 6.85. The quantitative estimate of drug-likeness (QED) is 0.161. The van der Waals surface area contributed by atoms with Crippen molar-refractivity contribution in [3.63, 3.8) is 0 Å². The fourth-order valence-corrected chi connectivity index (χ4v) is 8.65. The molecule has 55 heavy (non-hydrogen) atoms. The van der Waals surface area contributed by atoms with Crippen molar-refractivity contribution in [3.05, 3.63) is 206 Å². The first-order valence-electron chi connectivity index (χ1n) is 19.0. The summed E-state index contributed by atoms with van der Waals surface area (Å²) in [5.41, 5.74) is 10.0. The van der Waals surface area contributed by atoms with Gasteiger partial charge in [-0.1, -0.05) is 170 Å². The van der Waals surface area contributed by atoms with Crippen molar-refractivity contribution in [1.29, 1.82) is 0 Å². The third kappa shape index (κ3) is 5.26. The van der Waals surface area contributed by atoms with Gasteiger partial charge in [-0.3, -0.25) is 0 Å². The first-order valence-corrected chi connectivity index (χ1v) is 19.0. The zero-order valence-electron chi connectivity index (χ0n) is 30.1. The van der Waals surface area contributed by atoms with Gasteiger partial charge in [-0.15, -0.1) is 0 Å². The number of nitrogens with zero attached hydrogens (tertiary/aromatic N) is 1. The minimum Gasteiger partial charge on any atom is -0.455 e. The third-order valence-electron chi connectivity index (χ3n) is 11.3. The van der Waals surface area contributed by atoms with Crippen LogP contribution in [0.25, 0.3) is 87.3 Å². The molecule has 0 spiro atoms. The predicted molar refractivity (Wildman–Crippen MR) is 233 cm³/mol. The lowest BCUT2D eigenvalue weighted by Crippen LogP contribution is -2.17. The first-order chi connectivity index (χ1) is 27.3. The molecular formula is C53H35NO. The highest BCUT2D eigenvalue weighted by molar-refractivity contribution is 6.17. The van der Waals surface area contributed by atoms with Crippen LogP contribution in [0.4, 0.5) is 11.4 Å². The van der Waals surface area contributed by atoms with Gasteiger partial charge < -0.3 is 9.32 Å². The van der Waals surface area contributed by atoms with Gasteiger partial charge in [0.2, 0.25) is 0 Å². The number of benzene rings is 10. The van der Waals surface area contributed by atoms with Gasteiger partial charge in [-0.05, 0) is 90.3 Å². The van der Waals surface area contributed by atoms with Crippen LogP contribution in [-0.4, -0.2) is 0 Å². The van der Waals surface area contributed by atoms with E-state index in [4.69, 9.17) is 4.42 Å². The summed E-state index contributed by atoms with van der Waals surface area (Å²) in [5.74, 6) is 0. The second-order valence-corrected chi connectivity index (χ2v) is 14.5. The topological polar surface area (TPSA) is 16.4 Å².